The highest BCUT2D eigenvalue weighted by Gasteiger charge is 2.32. The first-order valence-corrected chi connectivity index (χ1v) is 15.0. The molecule has 0 saturated carbocycles. The first-order chi connectivity index (χ1) is 19.0. The van der Waals surface area contributed by atoms with Crippen molar-refractivity contribution in [2.45, 2.75) is 45.2 Å². The van der Waals surface area contributed by atoms with E-state index in [1.165, 1.54) is 17.0 Å². The van der Waals surface area contributed by atoms with E-state index in [2.05, 4.69) is 5.32 Å². The topological polar surface area (TPSA) is 96.0 Å². The summed E-state index contributed by atoms with van der Waals surface area (Å²) in [6, 6.07) is 20.5. The minimum Gasteiger partial charge on any atom is -0.494 e. The molecule has 0 saturated heterocycles. The Morgan fingerprint density at radius 3 is 2.12 bits per heavy atom. The molecular formula is C30H36ClN3O5S. The summed E-state index contributed by atoms with van der Waals surface area (Å²) >= 11 is 6.04. The Balaban J connectivity index is 1.99. The minimum absolute atomic E-state index is 0.0451. The Morgan fingerprint density at radius 2 is 1.55 bits per heavy atom. The first-order valence-electron chi connectivity index (χ1n) is 13.1. The van der Waals surface area contributed by atoms with Gasteiger partial charge in [0.2, 0.25) is 11.8 Å². The van der Waals surface area contributed by atoms with Gasteiger partial charge in [0.05, 0.1) is 17.2 Å². The van der Waals surface area contributed by atoms with E-state index in [0.29, 0.717) is 29.6 Å². The van der Waals surface area contributed by atoms with Gasteiger partial charge in [-0.05, 0) is 73.9 Å². The van der Waals surface area contributed by atoms with Gasteiger partial charge in [0.25, 0.3) is 10.0 Å². The average molecular weight is 586 g/mol. The molecule has 214 valence electrons. The van der Waals surface area contributed by atoms with Crippen molar-refractivity contribution in [2.24, 2.45) is 5.92 Å². The Bertz CT molecular complexity index is 1360. The Hall–Kier alpha value is -3.56. The van der Waals surface area contributed by atoms with E-state index in [0.717, 1.165) is 9.87 Å². The lowest BCUT2D eigenvalue weighted by Gasteiger charge is -2.32. The number of benzene rings is 3. The fraction of sp³-hybridized carbons (Fsp3) is 0.333. The van der Waals surface area contributed by atoms with Crippen LogP contribution in [0.2, 0.25) is 5.02 Å². The number of amides is 2. The molecule has 0 aliphatic heterocycles. The predicted molar refractivity (Wildman–Crippen MR) is 158 cm³/mol. The molecule has 3 aromatic rings. The van der Waals surface area contributed by atoms with E-state index >= 15 is 0 Å². The molecule has 0 radical (unpaired) electrons. The lowest BCUT2D eigenvalue weighted by atomic mass is 10.1. The van der Waals surface area contributed by atoms with Crippen LogP contribution in [0, 0.1) is 5.92 Å². The van der Waals surface area contributed by atoms with Gasteiger partial charge in [-0.2, -0.15) is 0 Å². The number of hydrogen-bond donors (Lipinski definition) is 1. The Kier molecular flexibility index (Phi) is 11.0. The molecule has 0 aromatic heterocycles. The number of rotatable bonds is 13. The number of sulfonamides is 1. The van der Waals surface area contributed by atoms with E-state index in [4.69, 9.17) is 16.3 Å². The van der Waals surface area contributed by atoms with Crippen molar-refractivity contribution in [3.63, 3.8) is 0 Å². The highest BCUT2D eigenvalue weighted by atomic mass is 35.5. The van der Waals surface area contributed by atoms with Crippen LogP contribution >= 0.6 is 11.6 Å². The van der Waals surface area contributed by atoms with Gasteiger partial charge in [-0.15, -0.1) is 0 Å². The Morgan fingerprint density at radius 1 is 0.925 bits per heavy atom. The number of carbonyl (C=O) groups excluding carboxylic acids is 2. The second kappa shape index (κ2) is 14.2. The van der Waals surface area contributed by atoms with Crippen LogP contribution in [-0.2, 0) is 26.2 Å². The van der Waals surface area contributed by atoms with Gasteiger partial charge in [-0.25, -0.2) is 8.42 Å². The van der Waals surface area contributed by atoms with Crippen LogP contribution in [0.5, 0.6) is 5.75 Å². The molecule has 0 bridgehead atoms. The molecule has 0 aliphatic carbocycles. The molecule has 1 N–H and O–H groups in total. The van der Waals surface area contributed by atoms with E-state index < -0.39 is 28.5 Å². The number of hydrogen-bond acceptors (Lipinski definition) is 5. The second-order valence-corrected chi connectivity index (χ2v) is 12.0. The molecule has 0 heterocycles. The SMILES string of the molecule is CCOc1ccc(N(CC(=O)N(Cc2ccc(Cl)cc2)C(C)C(=O)NCC(C)C)S(=O)(=O)c2ccccc2)cc1. The van der Waals surface area contributed by atoms with Gasteiger partial charge in [-0.1, -0.05) is 55.8 Å². The number of halogens is 1. The summed E-state index contributed by atoms with van der Waals surface area (Å²) in [7, 11) is -4.13. The zero-order valence-electron chi connectivity index (χ0n) is 23.2. The van der Waals surface area contributed by atoms with Gasteiger partial charge < -0.3 is 15.0 Å². The molecule has 3 aromatic carbocycles. The molecule has 0 fully saturated rings. The lowest BCUT2D eigenvalue weighted by Crippen LogP contribution is -2.51. The van der Waals surface area contributed by atoms with E-state index in [1.807, 2.05) is 20.8 Å². The van der Waals surface area contributed by atoms with Crippen molar-refractivity contribution >= 4 is 39.1 Å². The third-order valence-corrected chi connectivity index (χ3v) is 8.20. The fourth-order valence-electron chi connectivity index (χ4n) is 3.95. The van der Waals surface area contributed by atoms with Crippen LogP contribution in [0.25, 0.3) is 0 Å². The predicted octanol–water partition coefficient (Wildman–Crippen LogP) is 5.12. The largest absolute Gasteiger partial charge is 0.494 e. The van der Waals surface area contributed by atoms with Gasteiger partial charge >= 0.3 is 0 Å². The Labute approximate surface area is 241 Å². The number of anilines is 1. The smallest absolute Gasteiger partial charge is 0.264 e. The number of nitrogens with one attached hydrogen (secondary N) is 1. The molecule has 0 spiro atoms. The van der Waals surface area contributed by atoms with E-state index in [1.54, 1.807) is 73.7 Å². The maximum absolute atomic E-state index is 13.9. The minimum atomic E-state index is -4.13. The van der Waals surface area contributed by atoms with Crippen molar-refractivity contribution in [1.29, 1.82) is 0 Å². The summed E-state index contributed by atoms with van der Waals surface area (Å²) in [6.07, 6.45) is 0. The quantitative estimate of drug-likeness (QED) is 0.300. The summed E-state index contributed by atoms with van der Waals surface area (Å²) in [6.45, 7) is 7.93. The van der Waals surface area contributed by atoms with Crippen LogP contribution in [0.3, 0.4) is 0 Å². The standard InChI is InChI=1S/C30H36ClN3O5S/c1-5-39-27-17-15-26(16-18-27)34(40(37,38)28-9-7-6-8-10-28)21-29(35)33(20-24-11-13-25(31)14-12-24)23(4)30(36)32-19-22(2)3/h6-18,22-23H,5,19-21H2,1-4H3,(H,32,36). The van der Waals surface area contributed by atoms with Crippen LogP contribution in [0.4, 0.5) is 5.69 Å². The molecule has 0 aliphatic rings. The molecule has 3 rings (SSSR count). The maximum atomic E-state index is 13.9. The normalized spacial score (nSPS) is 12.1. The van der Waals surface area contributed by atoms with Crippen LogP contribution in [0.1, 0.15) is 33.3 Å². The van der Waals surface area contributed by atoms with Crippen LogP contribution in [-0.4, -0.2) is 50.9 Å². The van der Waals surface area contributed by atoms with Gasteiger partial charge in [0.15, 0.2) is 0 Å². The van der Waals surface area contributed by atoms with Crippen molar-refractivity contribution in [1.82, 2.24) is 10.2 Å². The summed E-state index contributed by atoms with van der Waals surface area (Å²) in [5, 5.41) is 3.41. The third-order valence-electron chi connectivity index (χ3n) is 6.16. The first kappa shape index (κ1) is 31.0. The third kappa shape index (κ3) is 8.22. The molecule has 8 nitrogen and oxygen atoms in total. The highest BCUT2D eigenvalue weighted by molar-refractivity contribution is 7.92. The van der Waals surface area contributed by atoms with Crippen molar-refractivity contribution in [3.8, 4) is 5.75 Å². The van der Waals surface area contributed by atoms with Crippen molar-refractivity contribution in [2.75, 3.05) is 24.0 Å². The fourth-order valence-corrected chi connectivity index (χ4v) is 5.51. The second-order valence-electron chi connectivity index (χ2n) is 9.71. The zero-order valence-corrected chi connectivity index (χ0v) is 24.8. The summed E-state index contributed by atoms with van der Waals surface area (Å²) in [4.78, 5) is 28.4. The molecule has 10 heteroatoms. The van der Waals surface area contributed by atoms with E-state index in [9.17, 15) is 18.0 Å². The average Bonchev–Trinajstić information content (AvgIpc) is 2.95. The molecule has 40 heavy (non-hydrogen) atoms. The van der Waals surface area contributed by atoms with Crippen LogP contribution < -0.4 is 14.4 Å². The highest BCUT2D eigenvalue weighted by Crippen LogP contribution is 2.26. The number of carbonyl (C=O) groups is 2. The molecule has 2 amide bonds. The molecule has 1 atom stereocenters. The zero-order chi connectivity index (χ0) is 29.3. The van der Waals surface area contributed by atoms with Crippen LogP contribution in [0.15, 0.2) is 83.8 Å². The van der Waals surface area contributed by atoms with Gasteiger partial charge in [0.1, 0.15) is 18.3 Å². The molecular weight excluding hydrogens is 550 g/mol. The summed E-state index contributed by atoms with van der Waals surface area (Å²) < 4.78 is 34.2. The summed E-state index contributed by atoms with van der Waals surface area (Å²) in [5.41, 5.74) is 1.05. The molecule has 1 unspecified atom stereocenters. The summed E-state index contributed by atoms with van der Waals surface area (Å²) in [5.74, 6) is -0.0535. The van der Waals surface area contributed by atoms with Crippen molar-refractivity contribution in [3.05, 3.63) is 89.4 Å². The number of ether oxygens (including phenoxy) is 1. The van der Waals surface area contributed by atoms with E-state index in [-0.39, 0.29) is 23.3 Å². The van der Waals surface area contributed by atoms with Gasteiger partial charge in [0, 0.05) is 18.1 Å². The maximum Gasteiger partial charge on any atom is 0.264 e. The van der Waals surface area contributed by atoms with Gasteiger partial charge in [-0.3, -0.25) is 13.9 Å². The monoisotopic (exact) mass is 585 g/mol. The number of nitrogens with zero attached hydrogens (tertiary/aromatic N) is 2. The van der Waals surface area contributed by atoms with Crippen molar-refractivity contribution < 1.29 is 22.7 Å². The lowest BCUT2D eigenvalue weighted by molar-refractivity contribution is -0.139.